The van der Waals surface area contributed by atoms with Crippen molar-refractivity contribution in [2.24, 2.45) is 11.8 Å². The van der Waals surface area contributed by atoms with E-state index in [-0.39, 0.29) is 5.97 Å². The maximum absolute atomic E-state index is 11.1. The molecule has 0 heterocycles. The first-order valence-electron chi connectivity index (χ1n) is 11.4. The van der Waals surface area contributed by atoms with Gasteiger partial charge in [0.25, 0.3) is 0 Å². The van der Waals surface area contributed by atoms with Gasteiger partial charge in [-0.15, -0.1) is 0 Å². The highest BCUT2D eigenvalue weighted by atomic mass is 16.5. The summed E-state index contributed by atoms with van der Waals surface area (Å²) in [5.74, 6) is 1.38. The minimum absolute atomic E-state index is 0.109. The predicted molar refractivity (Wildman–Crippen MR) is 124 cm³/mol. The topological polar surface area (TPSA) is 26.3 Å². The van der Waals surface area contributed by atoms with Crippen LogP contribution in [-0.2, 0) is 9.53 Å². The number of methoxy groups -OCH3 is 1. The zero-order valence-electron chi connectivity index (χ0n) is 18.3. The average molecular weight is 395 g/mol. The van der Waals surface area contributed by atoms with Crippen LogP contribution in [0.25, 0.3) is 5.57 Å². The number of allylic oxidation sites excluding steroid dienone is 6. The van der Waals surface area contributed by atoms with E-state index < -0.39 is 0 Å². The molecule has 0 unspecified atom stereocenters. The molecule has 1 aliphatic carbocycles. The molecular formula is C27H38O2. The fourth-order valence-corrected chi connectivity index (χ4v) is 4.22. The first kappa shape index (κ1) is 23.2. The maximum Gasteiger partial charge on any atom is 0.305 e. The lowest BCUT2D eigenvalue weighted by Crippen LogP contribution is -2.03. The number of hydrogen-bond donors (Lipinski definition) is 0. The molecule has 1 aliphatic rings. The van der Waals surface area contributed by atoms with Crippen LogP contribution in [-0.4, -0.2) is 13.1 Å². The van der Waals surface area contributed by atoms with Gasteiger partial charge in [-0.25, -0.2) is 0 Å². The summed E-state index contributed by atoms with van der Waals surface area (Å²) in [6, 6.07) is 10.8. The lowest BCUT2D eigenvalue weighted by atomic mass is 9.92. The Labute approximate surface area is 177 Å². The van der Waals surface area contributed by atoms with Crippen LogP contribution in [0.5, 0.6) is 0 Å². The molecule has 0 amide bonds. The minimum Gasteiger partial charge on any atom is -0.469 e. The standard InChI is InChI=1S/C27H38O2/c1-3-14-23(24-16-8-6-9-17-24)18-11-12-19-26-21-13-20-25(26)15-7-4-5-10-22-27(28)29-2/h4,6-9,12,16-19,25-26H,3,5,10-11,13-15,20-22H2,1-2H3/t25-,26-/m0/s1. The minimum atomic E-state index is -0.109. The van der Waals surface area contributed by atoms with Gasteiger partial charge in [-0.05, 0) is 67.9 Å². The van der Waals surface area contributed by atoms with Crippen molar-refractivity contribution in [3.05, 3.63) is 66.3 Å². The third kappa shape index (κ3) is 8.85. The number of unbranched alkanes of at least 4 members (excludes halogenated alkanes) is 1. The molecule has 2 rings (SSSR count). The van der Waals surface area contributed by atoms with Crippen LogP contribution in [0.1, 0.15) is 76.7 Å². The van der Waals surface area contributed by atoms with Crippen LogP contribution in [0, 0.1) is 11.8 Å². The molecule has 158 valence electrons. The molecule has 0 N–H and O–H groups in total. The molecule has 0 aromatic heterocycles. The highest BCUT2D eigenvalue weighted by molar-refractivity contribution is 5.69. The second-order valence-corrected chi connectivity index (χ2v) is 8.04. The van der Waals surface area contributed by atoms with Crippen LogP contribution < -0.4 is 0 Å². The number of hydrogen-bond acceptors (Lipinski definition) is 2. The Bertz CT molecular complexity index is 669. The van der Waals surface area contributed by atoms with Crippen molar-refractivity contribution in [2.75, 3.05) is 7.11 Å². The molecule has 0 aliphatic heterocycles. The molecule has 1 aromatic carbocycles. The van der Waals surface area contributed by atoms with Crippen molar-refractivity contribution in [1.82, 2.24) is 0 Å². The van der Waals surface area contributed by atoms with E-state index in [1.165, 1.54) is 43.9 Å². The van der Waals surface area contributed by atoms with Crippen LogP contribution in [0.4, 0.5) is 0 Å². The second-order valence-electron chi connectivity index (χ2n) is 8.04. The fourth-order valence-electron chi connectivity index (χ4n) is 4.22. The lowest BCUT2D eigenvalue weighted by molar-refractivity contribution is -0.140. The van der Waals surface area contributed by atoms with E-state index in [0.29, 0.717) is 6.42 Å². The van der Waals surface area contributed by atoms with Crippen molar-refractivity contribution in [1.29, 1.82) is 0 Å². The lowest BCUT2D eigenvalue weighted by Gasteiger charge is -2.14. The molecule has 2 nitrogen and oxygen atoms in total. The van der Waals surface area contributed by atoms with Crippen molar-refractivity contribution in [3.63, 3.8) is 0 Å². The van der Waals surface area contributed by atoms with E-state index in [4.69, 9.17) is 0 Å². The molecule has 2 heteroatoms. The predicted octanol–water partition coefficient (Wildman–Crippen LogP) is 7.52. The summed E-state index contributed by atoms with van der Waals surface area (Å²) < 4.78 is 4.68. The largest absolute Gasteiger partial charge is 0.469 e. The first-order valence-corrected chi connectivity index (χ1v) is 11.4. The van der Waals surface area contributed by atoms with Crippen LogP contribution in [0.15, 0.2) is 60.7 Å². The van der Waals surface area contributed by atoms with E-state index in [0.717, 1.165) is 43.9 Å². The quantitative estimate of drug-likeness (QED) is 0.208. The maximum atomic E-state index is 11.1. The third-order valence-corrected chi connectivity index (χ3v) is 5.85. The van der Waals surface area contributed by atoms with Crippen molar-refractivity contribution in [3.8, 4) is 0 Å². The van der Waals surface area contributed by atoms with Gasteiger partial charge in [0, 0.05) is 6.42 Å². The van der Waals surface area contributed by atoms with E-state index in [9.17, 15) is 4.79 Å². The summed E-state index contributed by atoms with van der Waals surface area (Å²) in [6.07, 6.45) is 22.7. The van der Waals surface area contributed by atoms with E-state index in [1.54, 1.807) is 0 Å². The van der Waals surface area contributed by atoms with Crippen molar-refractivity contribution < 1.29 is 9.53 Å². The molecule has 0 spiro atoms. The van der Waals surface area contributed by atoms with Crippen LogP contribution in [0.2, 0.25) is 0 Å². The van der Waals surface area contributed by atoms with E-state index in [2.05, 4.69) is 72.4 Å². The number of carbonyl (C=O) groups excluding carboxylic acids is 1. The molecule has 1 saturated carbocycles. The van der Waals surface area contributed by atoms with Gasteiger partial charge < -0.3 is 4.74 Å². The summed E-state index contributed by atoms with van der Waals surface area (Å²) in [5, 5.41) is 0. The van der Waals surface area contributed by atoms with Gasteiger partial charge in [-0.1, -0.05) is 80.5 Å². The SMILES string of the molecule is CCCC(=CCC=C[C@H]1CCC[C@@H]1CC=CCCCC(=O)OC)c1ccccc1. The first-order chi connectivity index (χ1) is 14.2. The van der Waals surface area contributed by atoms with E-state index in [1.807, 2.05) is 0 Å². The Kier molecular flexibility index (Phi) is 11.2. The number of ether oxygens (including phenoxy) is 1. The highest BCUT2D eigenvalue weighted by Gasteiger charge is 2.23. The summed E-state index contributed by atoms with van der Waals surface area (Å²) in [7, 11) is 1.45. The Morgan fingerprint density at radius 2 is 1.93 bits per heavy atom. The Morgan fingerprint density at radius 3 is 2.69 bits per heavy atom. The van der Waals surface area contributed by atoms with Crippen LogP contribution in [0.3, 0.4) is 0 Å². The smallest absolute Gasteiger partial charge is 0.305 e. The Hall–Kier alpha value is -2.09. The van der Waals surface area contributed by atoms with Crippen molar-refractivity contribution in [2.45, 2.75) is 71.1 Å². The number of benzene rings is 1. The summed E-state index contributed by atoms with van der Waals surface area (Å²) in [5.41, 5.74) is 2.83. The average Bonchev–Trinajstić information content (AvgIpc) is 3.20. The van der Waals surface area contributed by atoms with Crippen LogP contribution >= 0.6 is 0 Å². The summed E-state index contributed by atoms with van der Waals surface area (Å²) in [4.78, 5) is 11.1. The zero-order chi connectivity index (χ0) is 20.7. The Balaban J connectivity index is 1.77. The normalized spacial score (nSPS) is 20.0. The van der Waals surface area contributed by atoms with Gasteiger partial charge in [0.15, 0.2) is 0 Å². The molecule has 0 radical (unpaired) electrons. The zero-order valence-corrected chi connectivity index (χ0v) is 18.3. The fraction of sp³-hybridized carbons (Fsp3) is 0.519. The van der Waals surface area contributed by atoms with Gasteiger partial charge in [0.1, 0.15) is 0 Å². The summed E-state index contributed by atoms with van der Waals surface area (Å²) >= 11 is 0. The molecular weight excluding hydrogens is 356 g/mol. The second kappa shape index (κ2) is 14.0. The molecule has 29 heavy (non-hydrogen) atoms. The van der Waals surface area contributed by atoms with Gasteiger partial charge in [-0.2, -0.15) is 0 Å². The number of esters is 1. The third-order valence-electron chi connectivity index (χ3n) is 5.85. The van der Waals surface area contributed by atoms with E-state index >= 15 is 0 Å². The van der Waals surface area contributed by atoms with Gasteiger partial charge in [0.05, 0.1) is 7.11 Å². The Morgan fingerprint density at radius 1 is 1.10 bits per heavy atom. The van der Waals surface area contributed by atoms with Gasteiger partial charge in [-0.3, -0.25) is 4.79 Å². The number of carbonyl (C=O) groups is 1. The summed E-state index contributed by atoms with van der Waals surface area (Å²) in [6.45, 7) is 2.25. The number of rotatable bonds is 12. The molecule has 2 atom stereocenters. The molecule has 0 bridgehead atoms. The van der Waals surface area contributed by atoms with Crippen molar-refractivity contribution >= 4 is 11.5 Å². The monoisotopic (exact) mass is 394 g/mol. The highest BCUT2D eigenvalue weighted by Crippen LogP contribution is 2.35. The molecule has 0 saturated heterocycles. The molecule has 1 fully saturated rings. The molecule has 1 aromatic rings. The van der Waals surface area contributed by atoms with Gasteiger partial charge >= 0.3 is 5.97 Å². The van der Waals surface area contributed by atoms with Gasteiger partial charge in [0.2, 0.25) is 0 Å².